The largest absolute Gasteiger partial charge is 0.326 e. The molecular weight excluding hydrogens is 354 g/mol. The number of para-hydroxylation sites is 1. The van der Waals surface area contributed by atoms with Gasteiger partial charge in [-0.05, 0) is 30.7 Å². The molecule has 0 spiro atoms. The maximum Gasteiger partial charge on any atom is 0.225 e. The highest BCUT2D eigenvalue weighted by molar-refractivity contribution is 7.99. The van der Waals surface area contributed by atoms with E-state index in [9.17, 15) is 10.1 Å². The van der Waals surface area contributed by atoms with Gasteiger partial charge >= 0.3 is 0 Å². The minimum atomic E-state index is -0.0467. The van der Waals surface area contributed by atoms with Crippen LogP contribution < -0.4 is 5.32 Å². The Labute approximate surface area is 163 Å². The predicted octanol–water partition coefficient (Wildman–Crippen LogP) is 5.05. The Bertz CT molecular complexity index is 980. The summed E-state index contributed by atoms with van der Waals surface area (Å²) in [4.78, 5) is 16.8. The normalized spacial score (nSPS) is 10.2. The molecule has 0 aliphatic carbocycles. The van der Waals surface area contributed by atoms with E-state index in [1.54, 1.807) is 6.07 Å². The average Bonchev–Trinajstić information content (AvgIpc) is 2.70. The Morgan fingerprint density at radius 3 is 2.56 bits per heavy atom. The van der Waals surface area contributed by atoms with Crippen LogP contribution in [0.15, 0.2) is 71.8 Å². The highest BCUT2D eigenvalue weighted by atomic mass is 32.2. The molecule has 0 radical (unpaired) electrons. The SMILES string of the molecule is Cc1ccccc1NC(=O)CCSc1nc(-c2ccccc2)ccc1C#N. The van der Waals surface area contributed by atoms with E-state index in [0.717, 1.165) is 22.5 Å². The number of aromatic nitrogens is 1. The second-order valence-corrected chi connectivity index (χ2v) is 7.07. The highest BCUT2D eigenvalue weighted by Gasteiger charge is 2.10. The van der Waals surface area contributed by atoms with Gasteiger partial charge < -0.3 is 5.32 Å². The Kier molecular flexibility index (Phi) is 6.24. The Balaban J connectivity index is 1.64. The van der Waals surface area contributed by atoms with Crippen LogP contribution >= 0.6 is 11.8 Å². The number of nitrogens with one attached hydrogen (secondary N) is 1. The van der Waals surface area contributed by atoms with Crippen molar-refractivity contribution in [3.05, 3.63) is 77.9 Å². The molecule has 3 rings (SSSR count). The molecule has 0 unspecified atom stereocenters. The standard InChI is InChI=1S/C22H19N3OS/c1-16-7-5-6-10-19(16)24-21(26)13-14-27-22-18(15-23)11-12-20(25-22)17-8-3-2-4-9-17/h2-12H,13-14H2,1H3,(H,24,26). The molecule has 2 aromatic carbocycles. The first kappa shape index (κ1) is 18.7. The number of hydrogen-bond donors (Lipinski definition) is 1. The van der Waals surface area contributed by atoms with Crippen LogP contribution in [0.3, 0.4) is 0 Å². The zero-order valence-electron chi connectivity index (χ0n) is 15.0. The monoisotopic (exact) mass is 373 g/mol. The van der Waals surface area contributed by atoms with Crippen LogP contribution in [0.1, 0.15) is 17.5 Å². The van der Waals surface area contributed by atoms with Gasteiger partial charge in [0.1, 0.15) is 11.1 Å². The molecule has 134 valence electrons. The summed E-state index contributed by atoms with van der Waals surface area (Å²) in [6.07, 6.45) is 0.348. The number of rotatable bonds is 6. The van der Waals surface area contributed by atoms with Gasteiger partial charge in [0.05, 0.1) is 11.3 Å². The van der Waals surface area contributed by atoms with Crippen LogP contribution in [-0.2, 0) is 4.79 Å². The van der Waals surface area contributed by atoms with Crippen molar-refractivity contribution >= 4 is 23.4 Å². The molecule has 1 amide bonds. The number of carbonyl (C=O) groups is 1. The number of anilines is 1. The maximum atomic E-state index is 12.2. The summed E-state index contributed by atoms with van der Waals surface area (Å²) < 4.78 is 0. The number of nitrogens with zero attached hydrogens (tertiary/aromatic N) is 2. The molecule has 0 saturated heterocycles. The Hall–Kier alpha value is -3.10. The van der Waals surface area contributed by atoms with E-state index in [1.807, 2.05) is 67.6 Å². The zero-order chi connectivity index (χ0) is 19.1. The molecule has 0 bridgehead atoms. The summed E-state index contributed by atoms with van der Waals surface area (Å²) in [6, 6.07) is 23.3. The second-order valence-electron chi connectivity index (χ2n) is 5.99. The fourth-order valence-electron chi connectivity index (χ4n) is 2.57. The van der Waals surface area contributed by atoms with Gasteiger partial charge in [-0.3, -0.25) is 4.79 Å². The lowest BCUT2D eigenvalue weighted by atomic mass is 10.1. The summed E-state index contributed by atoms with van der Waals surface area (Å²) in [5.74, 6) is 0.506. The van der Waals surface area contributed by atoms with Gasteiger partial charge in [0.2, 0.25) is 5.91 Å². The molecule has 1 heterocycles. The lowest BCUT2D eigenvalue weighted by Gasteiger charge is -2.09. The summed E-state index contributed by atoms with van der Waals surface area (Å²) in [5.41, 5.74) is 4.21. The molecule has 0 fully saturated rings. The van der Waals surface area contributed by atoms with Crippen LogP contribution in [0, 0.1) is 18.3 Å². The molecule has 0 atom stereocenters. The summed E-state index contributed by atoms with van der Waals surface area (Å²) in [5, 5.41) is 12.9. The van der Waals surface area contributed by atoms with Crippen molar-refractivity contribution < 1.29 is 4.79 Å². The van der Waals surface area contributed by atoms with Crippen molar-refractivity contribution in [3.8, 4) is 17.3 Å². The first-order chi connectivity index (χ1) is 13.2. The van der Waals surface area contributed by atoms with E-state index >= 15 is 0 Å². The number of carbonyl (C=O) groups excluding carboxylic acids is 1. The molecule has 27 heavy (non-hydrogen) atoms. The summed E-state index contributed by atoms with van der Waals surface area (Å²) >= 11 is 1.43. The lowest BCUT2D eigenvalue weighted by molar-refractivity contribution is -0.115. The average molecular weight is 373 g/mol. The van der Waals surface area contributed by atoms with Crippen molar-refractivity contribution in [2.75, 3.05) is 11.1 Å². The summed E-state index contributed by atoms with van der Waals surface area (Å²) in [6.45, 7) is 1.96. The number of benzene rings is 2. The van der Waals surface area contributed by atoms with E-state index in [4.69, 9.17) is 0 Å². The van der Waals surface area contributed by atoms with Crippen LogP contribution in [0.2, 0.25) is 0 Å². The highest BCUT2D eigenvalue weighted by Crippen LogP contribution is 2.26. The third-order valence-electron chi connectivity index (χ3n) is 4.04. The van der Waals surface area contributed by atoms with Gasteiger partial charge in [0.25, 0.3) is 0 Å². The molecule has 0 aliphatic rings. The Morgan fingerprint density at radius 2 is 1.81 bits per heavy atom. The van der Waals surface area contributed by atoms with Crippen LogP contribution in [0.25, 0.3) is 11.3 Å². The lowest BCUT2D eigenvalue weighted by Crippen LogP contribution is -2.13. The van der Waals surface area contributed by atoms with Gasteiger partial charge in [-0.1, -0.05) is 48.5 Å². The number of amides is 1. The first-order valence-electron chi connectivity index (χ1n) is 8.62. The third-order valence-corrected chi connectivity index (χ3v) is 5.03. The molecule has 0 aliphatic heterocycles. The molecule has 3 aromatic rings. The minimum absolute atomic E-state index is 0.0467. The number of hydrogen-bond acceptors (Lipinski definition) is 4. The molecule has 4 nitrogen and oxygen atoms in total. The van der Waals surface area contributed by atoms with E-state index in [2.05, 4.69) is 16.4 Å². The van der Waals surface area contributed by atoms with Crippen molar-refractivity contribution in [3.63, 3.8) is 0 Å². The van der Waals surface area contributed by atoms with Crippen LogP contribution in [0.4, 0.5) is 5.69 Å². The molecule has 5 heteroatoms. The predicted molar refractivity (Wildman–Crippen MR) is 110 cm³/mol. The maximum absolute atomic E-state index is 12.2. The van der Waals surface area contributed by atoms with Gasteiger partial charge in [0, 0.05) is 23.4 Å². The Morgan fingerprint density at radius 1 is 1.07 bits per heavy atom. The van der Waals surface area contributed by atoms with Gasteiger partial charge in [-0.25, -0.2) is 4.98 Å². The van der Waals surface area contributed by atoms with Gasteiger partial charge in [-0.2, -0.15) is 5.26 Å². The van der Waals surface area contributed by atoms with Crippen LogP contribution in [-0.4, -0.2) is 16.6 Å². The first-order valence-corrected chi connectivity index (χ1v) is 9.61. The zero-order valence-corrected chi connectivity index (χ0v) is 15.8. The van der Waals surface area contributed by atoms with Crippen molar-refractivity contribution in [1.29, 1.82) is 5.26 Å². The number of aryl methyl sites for hydroxylation is 1. The smallest absolute Gasteiger partial charge is 0.225 e. The van der Waals surface area contributed by atoms with E-state index in [1.165, 1.54) is 11.8 Å². The number of nitriles is 1. The molecule has 0 saturated carbocycles. The van der Waals surface area contributed by atoms with E-state index in [-0.39, 0.29) is 5.91 Å². The van der Waals surface area contributed by atoms with Crippen molar-refractivity contribution in [2.24, 2.45) is 0 Å². The quantitative estimate of drug-likeness (QED) is 0.614. The van der Waals surface area contributed by atoms with Crippen LogP contribution in [0.5, 0.6) is 0 Å². The number of thioether (sulfide) groups is 1. The summed E-state index contributed by atoms with van der Waals surface area (Å²) in [7, 11) is 0. The fraction of sp³-hybridized carbons (Fsp3) is 0.136. The minimum Gasteiger partial charge on any atom is -0.326 e. The third kappa shape index (κ3) is 4.96. The second kappa shape index (κ2) is 9.02. The van der Waals surface area contributed by atoms with Gasteiger partial charge in [-0.15, -0.1) is 11.8 Å². The van der Waals surface area contributed by atoms with E-state index in [0.29, 0.717) is 22.8 Å². The number of pyridine rings is 1. The molecule has 1 aromatic heterocycles. The fourth-order valence-corrected chi connectivity index (χ4v) is 3.48. The topological polar surface area (TPSA) is 65.8 Å². The molecule has 1 N–H and O–H groups in total. The van der Waals surface area contributed by atoms with Crippen molar-refractivity contribution in [1.82, 2.24) is 4.98 Å². The van der Waals surface area contributed by atoms with Gasteiger partial charge in [0.15, 0.2) is 0 Å². The van der Waals surface area contributed by atoms with Crippen molar-refractivity contribution in [2.45, 2.75) is 18.4 Å². The van der Waals surface area contributed by atoms with E-state index < -0.39 is 0 Å². The molecular formula is C22H19N3OS.